The van der Waals surface area contributed by atoms with E-state index in [4.69, 9.17) is 5.73 Å². The van der Waals surface area contributed by atoms with Crippen molar-refractivity contribution in [3.05, 3.63) is 81.1 Å². The Morgan fingerprint density at radius 2 is 1.65 bits per heavy atom. The first kappa shape index (κ1) is 15.9. The average molecular weight is 348 g/mol. The molecule has 0 unspecified atom stereocenters. The summed E-state index contributed by atoms with van der Waals surface area (Å²) in [5, 5.41) is 1.25. The van der Waals surface area contributed by atoms with Gasteiger partial charge in [0.05, 0.1) is 10.9 Å². The third kappa shape index (κ3) is 2.50. The Bertz CT molecular complexity index is 1250. The molecule has 4 N–H and O–H groups in total. The zero-order valence-electron chi connectivity index (χ0n) is 13.7. The summed E-state index contributed by atoms with van der Waals surface area (Å²) in [6.45, 7) is 0. The van der Waals surface area contributed by atoms with E-state index in [0.717, 1.165) is 21.0 Å². The Morgan fingerprint density at radius 3 is 2.38 bits per heavy atom. The van der Waals surface area contributed by atoms with Crippen LogP contribution < -0.4 is 17.0 Å². The number of carbonyl (C=O) groups is 1. The molecule has 130 valence electrons. The second-order valence-electron chi connectivity index (χ2n) is 6.13. The number of carbonyl (C=O) groups excluding carboxylic acids is 1. The highest BCUT2D eigenvalue weighted by atomic mass is 16.2. The summed E-state index contributed by atoms with van der Waals surface area (Å²) in [5.41, 5.74) is 6.50. The number of amides is 1. The largest absolute Gasteiger partial charge is 0.368 e. The van der Waals surface area contributed by atoms with Gasteiger partial charge in [0.1, 0.15) is 6.04 Å². The van der Waals surface area contributed by atoms with E-state index in [1.165, 1.54) is 0 Å². The summed E-state index contributed by atoms with van der Waals surface area (Å²) in [6.07, 6.45) is 1.90. The number of aromatic amines is 2. The van der Waals surface area contributed by atoms with Gasteiger partial charge in [-0.3, -0.25) is 9.59 Å². The number of H-pyrrole nitrogens is 2. The Labute approximate surface area is 147 Å². The molecule has 26 heavy (non-hydrogen) atoms. The van der Waals surface area contributed by atoms with E-state index in [2.05, 4.69) is 9.97 Å². The van der Waals surface area contributed by atoms with Crippen LogP contribution in [0.5, 0.6) is 0 Å². The van der Waals surface area contributed by atoms with Crippen molar-refractivity contribution in [2.24, 2.45) is 5.73 Å². The van der Waals surface area contributed by atoms with Gasteiger partial charge < -0.3 is 15.7 Å². The summed E-state index contributed by atoms with van der Waals surface area (Å²) in [5.74, 6) is -0.738. The molecule has 0 saturated heterocycles. The molecule has 4 aromatic rings. The van der Waals surface area contributed by atoms with Crippen LogP contribution in [-0.4, -0.2) is 20.4 Å². The van der Waals surface area contributed by atoms with Crippen molar-refractivity contribution in [3.63, 3.8) is 0 Å². The van der Waals surface area contributed by atoms with Gasteiger partial charge in [-0.2, -0.15) is 0 Å². The maximum Gasteiger partial charge on any atom is 0.329 e. The van der Waals surface area contributed by atoms with Crippen molar-refractivity contribution >= 4 is 27.7 Å². The SMILES string of the molecule is NC(=O)[C@H](Cc1c[nH]c2ccccc12)n1c(=O)[nH]c2ccccc2c1=O. The van der Waals surface area contributed by atoms with Gasteiger partial charge in [-0.05, 0) is 23.8 Å². The summed E-state index contributed by atoms with van der Waals surface area (Å²) in [6, 6.07) is 13.2. The lowest BCUT2D eigenvalue weighted by molar-refractivity contribution is -0.121. The monoisotopic (exact) mass is 348 g/mol. The number of primary amides is 1. The van der Waals surface area contributed by atoms with Crippen LogP contribution in [0.2, 0.25) is 0 Å². The lowest BCUT2D eigenvalue weighted by atomic mass is 10.0. The number of benzene rings is 2. The molecule has 0 aliphatic heterocycles. The molecule has 0 bridgehead atoms. The maximum atomic E-state index is 12.8. The lowest BCUT2D eigenvalue weighted by Gasteiger charge is -2.16. The summed E-state index contributed by atoms with van der Waals surface area (Å²) in [4.78, 5) is 43.2. The zero-order chi connectivity index (χ0) is 18.3. The number of hydrogen-bond acceptors (Lipinski definition) is 3. The van der Waals surface area contributed by atoms with E-state index < -0.39 is 23.2 Å². The van der Waals surface area contributed by atoms with Crippen molar-refractivity contribution in [2.45, 2.75) is 12.5 Å². The van der Waals surface area contributed by atoms with Gasteiger partial charge in [-0.25, -0.2) is 9.36 Å². The molecule has 0 radical (unpaired) electrons. The Balaban J connectivity index is 1.88. The molecule has 0 fully saturated rings. The predicted octanol–water partition coefficient (Wildman–Crippen LogP) is 1.44. The van der Waals surface area contributed by atoms with Crippen molar-refractivity contribution < 1.29 is 4.79 Å². The third-order valence-corrected chi connectivity index (χ3v) is 4.56. The molecule has 1 amide bonds. The number of nitrogens with zero attached hydrogens (tertiary/aromatic N) is 1. The number of nitrogens with two attached hydrogens (primary N) is 1. The first-order valence-electron chi connectivity index (χ1n) is 8.14. The van der Waals surface area contributed by atoms with Gasteiger partial charge in [-0.1, -0.05) is 30.3 Å². The normalized spacial score (nSPS) is 12.5. The molecule has 7 nitrogen and oxygen atoms in total. The van der Waals surface area contributed by atoms with Crippen molar-refractivity contribution in [3.8, 4) is 0 Å². The molecule has 7 heteroatoms. The molecular formula is C19H16N4O3. The van der Waals surface area contributed by atoms with Crippen LogP contribution in [0.25, 0.3) is 21.8 Å². The molecule has 4 rings (SSSR count). The summed E-state index contributed by atoms with van der Waals surface area (Å²) in [7, 11) is 0. The first-order chi connectivity index (χ1) is 12.6. The van der Waals surface area contributed by atoms with Crippen LogP contribution in [0, 0.1) is 0 Å². The van der Waals surface area contributed by atoms with Crippen LogP contribution in [0.3, 0.4) is 0 Å². The fraction of sp³-hybridized carbons (Fsp3) is 0.105. The maximum absolute atomic E-state index is 12.8. The van der Waals surface area contributed by atoms with E-state index >= 15 is 0 Å². The van der Waals surface area contributed by atoms with Crippen molar-refractivity contribution in [2.75, 3.05) is 0 Å². The second kappa shape index (κ2) is 6.03. The van der Waals surface area contributed by atoms with Gasteiger partial charge in [0, 0.05) is 23.5 Å². The Hall–Kier alpha value is -3.61. The van der Waals surface area contributed by atoms with Gasteiger partial charge in [0.15, 0.2) is 0 Å². The highest BCUT2D eigenvalue weighted by molar-refractivity contribution is 5.85. The van der Waals surface area contributed by atoms with Crippen LogP contribution >= 0.6 is 0 Å². The standard InChI is InChI=1S/C19H16N4O3/c20-17(24)16(9-11-10-21-14-7-3-1-5-12(11)14)23-18(25)13-6-2-4-8-15(13)22-19(23)26/h1-8,10,16,21H,9H2,(H2,20,24)(H,22,26)/t16-/m0/s1. The molecule has 2 heterocycles. The number of hydrogen-bond donors (Lipinski definition) is 3. The average Bonchev–Trinajstić information content (AvgIpc) is 3.04. The van der Waals surface area contributed by atoms with E-state index in [1.54, 1.807) is 30.5 Å². The van der Waals surface area contributed by atoms with E-state index in [0.29, 0.717) is 10.9 Å². The number of rotatable bonds is 4. The number of para-hydroxylation sites is 2. The smallest absolute Gasteiger partial charge is 0.329 e. The highest BCUT2D eigenvalue weighted by Crippen LogP contribution is 2.22. The fourth-order valence-corrected chi connectivity index (χ4v) is 3.29. The van der Waals surface area contributed by atoms with E-state index in [-0.39, 0.29) is 6.42 Å². The molecule has 2 aromatic carbocycles. The minimum absolute atomic E-state index is 0.140. The quantitative estimate of drug-likeness (QED) is 0.518. The minimum atomic E-state index is -1.09. The Kier molecular flexibility index (Phi) is 3.69. The predicted molar refractivity (Wildman–Crippen MR) is 99.1 cm³/mol. The van der Waals surface area contributed by atoms with Gasteiger partial charge in [-0.15, -0.1) is 0 Å². The fourth-order valence-electron chi connectivity index (χ4n) is 3.29. The van der Waals surface area contributed by atoms with Crippen LogP contribution in [0.15, 0.2) is 64.3 Å². The van der Waals surface area contributed by atoms with E-state index in [1.807, 2.05) is 24.3 Å². The minimum Gasteiger partial charge on any atom is -0.368 e. The zero-order valence-corrected chi connectivity index (χ0v) is 13.7. The van der Waals surface area contributed by atoms with Crippen LogP contribution in [0.1, 0.15) is 11.6 Å². The lowest BCUT2D eigenvalue weighted by Crippen LogP contribution is -2.43. The van der Waals surface area contributed by atoms with Crippen molar-refractivity contribution in [1.29, 1.82) is 0 Å². The molecule has 1 atom stereocenters. The molecule has 0 saturated carbocycles. The highest BCUT2D eigenvalue weighted by Gasteiger charge is 2.24. The van der Waals surface area contributed by atoms with Gasteiger partial charge in [0.25, 0.3) is 5.56 Å². The second-order valence-corrected chi connectivity index (χ2v) is 6.13. The number of aromatic nitrogens is 3. The Morgan fingerprint density at radius 1 is 1.00 bits per heavy atom. The number of nitrogens with one attached hydrogen (secondary N) is 2. The summed E-state index contributed by atoms with van der Waals surface area (Å²) < 4.78 is 0.909. The van der Waals surface area contributed by atoms with Crippen molar-refractivity contribution in [1.82, 2.24) is 14.5 Å². The molecule has 0 spiro atoms. The molecule has 0 aliphatic carbocycles. The summed E-state index contributed by atoms with van der Waals surface area (Å²) >= 11 is 0. The molecular weight excluding hydrogens is 332 g/mol. The van der Waals surface area contributed by atoms with Gasteiger partial charge >= 0.3 is 5.69 Å². The van der Waals surface area contributed by atoms with Gasteiger partial charge in [0.2, 0.25) is 5.91 Å². The molecule has 0 aliphatic rings. The van der Waals surface area contributed by atoms with E-state index in [9.17, 15) is 14.4 Å². The van der Waals surface area contributed by atoms with Crippen LogP contribution in [0.4, 0.5) is 0 Å². The topological polar surface area (TPSA) is 114 Å². The van der Waals surface area contributed by atoms with Crippen LogP contribution in [-0.2, 0) is 11.2 Å². The third-order valence-electron chi connectivity index (χ3n) is 4.56. The number of fused-ring (bicyclic) bond motifs is 2. The first-order valence-corrected chi connectivity index (χ1v) is 8.14. The molecule has 2 aromatic heterocycles.